The minimum atomic E-state index is -1.05. The van der Waals surface area contributed by atoms with Crippen molar-refractivity contribution in [2.24, 2.45) is 21.1 Å². The van der Waals surface area contributed by atoms with Crippen LogP contribution in [0.2, 0.25) is 0 Å². The van der Waals surface area contributed by atoms with E-state index in [1.807, 2.05) is 12.1 Å². The average Bonchev–Trinajstić information content (AvgIpc) is 3.77. The molecule has 6 aromatic carbocycles. The number of hydrazone groups is 2. The van der Waals surface area contributed by atoms with Gasteiger partial charge in [0.25, 0.3) is 5.12 Å². The van der Waals surface area contributed by atoms with Gasteiger partial charge in [0.15, 0.2) is 0 Å². The van der Waals surface area contributed by atoms with Crippen LogP contribution in [0.4, 0.5) is 17.1 Å². The summed E-state index contributed by atoms with van der Waals surface area (Å²) in [5.74, 6) is -0.204. The van der Waals surface area contributed by atoms with Crippen molar-refractivity contribution in [3.05, 3.63) is 198 Å². The summed E-state index contributed by atoms with van der Waals surface area (Å²) >= 11 is 1.67. The van der Waals surface area contributed by atoms with E-state index in [-0.39, 0.29) is 12.1 Å². The van der Waals surface area contributed by atoms with Gasteiger partial charge < -0.3 is 0 Å². The predicted octanol–water partition coefficient (Wildman–Crippen LogP) is 9.40. The Bertz CT molecular complexity index is 2210. The molecule has 0 aromatic heterocycles. The molecule has 3 unspecified atom stereocenters. The fourth-order valence-electron chi connectivity index (χ4n) is 7.08. The lowest BCUT2D eigenvalue weighted by Gasteiger charge is -2.52. The van der Waals surface area contributed by atoms with E-state index in [1.165, 1.54) is 5.56 Å². The molecule has 0 N–H and O–H groups in total. The van der Waals surface area contributed by atoms with Crippen molar-refractivity contribution in [1.82, 2.24) is 0 Å². The number of nitrogens with zero attached hydrogens (tertiary/aromatic N) is 6. The summed E-state index contributed by atoms with van der Waals surface area (Å²) in [6.45, 7) is 2.13. The van der Waals surface area contributed by atoms with E-state index in [4.69, 9.17) is 15.2 Å². The lowest BCUT2D eigenvalue weighted by atomic mass is 9.84. The molecule has 9 rings (SSSR count). The van der Waals surface area contributed by atoms with E-state index in [9.17, 15) is 0 Å². The molecule has 0 radical (unpaired) electrons. The lowest BCUT2D eigenvalue weighted by Crippen LogP contribution is -2.67. The van der Waals surface area contributed by atoms with Crippen molar-refractivity contribution in [1.29, 1.82) is 0 Å². The Balaban J connectivity index is 1.37. The zero-order chi connectivity index (χ0) is 33.5. The number of benzene rings is 6. The van der Waals surface area contributed by atoms with Gasteiger partial charge in [0.05, 0.1) is 28.7 Å². The van der Waals surface area contributed by atoms with E-state index in [0.717, 1.165) is 50.2 Å². The Morgan fingerprint density at radius 3 is 1.60 bits per heavy atom. The molecule has 0 saturated carbocycles. The van der Waals surface area contributed by atoms with Crippen molar-refractivity contribution in [3.8, 4) is 0 Å². The molecule has 6 aromatic rings. The van der Waals surface area contributed by atoms with Gasteiger partial charge in [-0.25, -0.2) is 15.0 Å². The summed E-state index contributed by atoms with van der Waals surface area (Å²) in [6, 6.07) is 61.3. The second-order valence-electron chi connectivity index (χ2n) is 12.6. The molecule has 0 fully saturated rings. The van der Waals surface area contributed by atoms with Gasteiger partial charge in [-0.2, -0.15) is 10.2 Å². The van der Waals surface area contributed by atoms with Crippen LogP contribution in [0.15, 0.2) is 191 Å². The minimum absolute atomic E-state index is 0.204. The number of para-hydroxylation sites is 3. The summed E-state index contributed by atoms with van der Waals surface area (Å²) < 4.78 is 0. The average molecular weight is 667 g/mol. The number of aryl methyl sites for hydroxylation is 1. The highest BCUT2D eigenvalue weighted by Crippen LogP contribution is 2.54. The zero-order valence-corrected chi connectivity index (χ0v) is 28.3. The Kier molecular flexibility index (Phi) is 7.55. The highest BCUT2D eigenvalue weighted by molar-refractivity contribution is 8.16. The first-order valence-corrected chi connectivity index (χ1v) is 17.7. The smallest absolute Gasteiger partial charge is 0.288 e. The molecular formula is C43H34N6S. The molecule has 50 heavy (non-hydrogen) atoms. The molecule has 0 aliphatic carbocycles. The molecule has 7 heteroatoms. The molecule has 3 aliphatic heterocycles. The van der Waals surface area contributed by atoms with Gasteiger partial charge in [0.2, 0.25) is 0 Å². The molecule has 242 valence electrons. The molecule has 0 amide bonds. The van der Waals surface area contributed by atoms with E-state index in [0.29, 0.717) is 0 Å². The van der Waals surface area contributed by atoms with Gasteiger partial charge in [-0.05, 0) is 66.2 Å². The molecule has 1 spiro atoms. The first-order chi connectivity index (χ1) is 24.7. The molecule has 3 atom stereocenters. The maximum Gasteiger partial charge on any atom is 0.288 e. The van der Waals surface area contributed by atoms with Crippen molar-refractivity contribution >= 4 is 45.3 Å². The number of aliphatic imine (C=N–C) groups is 1. The van der Waals surface area contributed by atoms with Crippen LogP contribution in [0, 0.1) is 12.8 Å². The van der Waals surface area contributed by atoms with Crippen LogP contribution in [0.5, 0.6) is 0 Å². The zero-order valence-electron chi connectivity index (χ0n) is 27.5. The van der Waals surface area contributed by atoms with E-state index >= 15 is 0 Å². The number of thioether (sulfide) groups is 1. The fraction of sp³-hybridized carbons (Fsp3) is 0.0930. The maximum atomic E-state index is 5.96. The summed E-state index contributed by atoms with van der Waals surface area (Å²) in [7, 11) is 0. The van der Waals surface area contributed by atoms with Crippen LogP contribution in [-0.4, -0.2) is 27.8 Å². The van der Waals surface area contributed by atoms with Gasteiger partial charge in [0.1, 0.15) is 11.2 Å². The Morgan fingerprint density at radius 2 is 1.00 bits per heavy atom. The first-order valence-electron chi connectivity index (χ1n) is 16.9. The molecule has 6 nitrogen and oxygen atoms in total. The topological polar surface area (TPSA) is 46.8 Å². The summed E-state index contributed by atoms with van der Waals surface area (Å²) in [5, 5.41) is 15.1. The van der Waals surface area contributed by atoms with Crippen molar-refractivity contribution in [2.75, 3.05) is 14.9 Å². The van der Waals surface area contributed by atoms with Gasteiger partial charge in [-0.15, -0.1) is 0 Å². The van der Waals surface area contributed by atoms with Crippen LogP contribution in [0.3, 0.4) is 0 Å². The van der Waals surface area contributed by atoms with Crippen molar-refractivity contribution in [3.63, 3.8) is 0 Å². The van der Waals surface area contributed by atoms with Crippen molar-refractivity contribution in [2.45, 2.75) is 18.2 Å². The molecule has 3 aliphatic rings. The summed E-state index contributed by atoms with van der Waals surface area (Å²) in [4.78, 5) is 8.40. The van der Waals surface area contributed by atoms with Gasteiger partial charge in [-0.1, -0.05) is 145 Å². The Labute approximate surface area is 296 Å². The van der Waals surface area contributed by atoms with Crippen LogP contribution in [0.25, 0.3) is 0 Å². The normalized spacial score (nSPS) is 21.1. The highest BCUT2D eigenvalue weighted by Gasteiger charge is 2.61. The lowest BCUT2D eigenvalue weighted by molar-refractivity contribution is 0.430. The third kappa shape index (κ3) is 5.09. The number of anilines is 3. The van der Waals surface area contributed by atoms with Crippen LogP contribution >= 0.6 is 11.8 Å². The second kappa shape index (κ2) is 12.5. The van der Waals surface area contributed by atoms with Crippen LogP contribution < -0.4 is 14.9 Å². The number of hydrogen-bond acceptors (Lipinski definition) is 7. The predicted molar refractivity (Wildman–Crippen MR) is 208 cm³/mol. The van der Waals surface area contributed by atoms with Gasteiger partial charge >= 0.3 is 0 Å². The quantitative estimate of drug-likeness (QED) is 0.178. The molecule has 3 heterocycles. The van der Waals surface area contributed by atoms with Gasteiger partial charge in [0, 0.05) is 11.3 Å². The standard InChI is InChI=1S/C43H34N6S/c1-31-27-29-33(30-28-31)39-38-40(32-17-7-2-8-18-32)45-48(36-23-13-5-14-24-36)42(38)47(35-21-11-4-12-22-35)43(44-39)49(37-25-15-6-16-26-37)46-41(50-43)34-19-9-3-10-20-34/h2-30,38,42H,1H3. The molecular weight excluding hydrogens is 633 g/mol. The highest BCUT2D eigenvalue weighted by atomic mass is 32.2. The summed E-state index contributed by atoms with van der Waals surface area (Å²) in [5.41, 5.74) is 9.33. The van der Waals surface area contributed by atoms with Gasteiger partial charge in [-0.3, -0.25) is 4.90 Å². The number of hydrogen-bond donors (Lipinski definition) is 0. The number of rotatable bonds is 6. The van der Waals surface area contributed by atoms with E-state index < -0.39 is 5.12 Å². The van der Waals surface area contributed by atoms with Crippen LogP contribution in [-0.2, 0) is 0 Å². The molecule has 0 bridgehead atoms. The first kappa shape index (κ1) is 30.2. The monoisotopic (exact) mass is 666 g/mol. The molecule has 0 saturated heterocycles. The third-order valence-electron chi connectivity index (χ3n) is 9.39. The van der Waals surface area contributed by atoms with Crippen LogP contribution in [0.1, 0.15) is 22.3 Å². The Morgan fingerprint density at radius 1 is 0.500 bits per heavy atom. The Hall–Kier alpha value is -5.92. The number of fused-ring (bicyclic) bond motifs is 1. The second-order valence-corrected chi connectivity index (χ2v) is 13.7. The fourth-order valence-corrected chi connectivity index (χ4v) is 8.40. The minimum Gasteiger partial charge on any atom is -0.296 e. The van der Waals surface area contributed by atoms with E-state index in [1.54, 1.807) is 11.8 Å². The van der Waals surface area contributed by atoms with Crippen molar-refractivity contribution < 1.29 is 0 Å². The third-order valence-corrected chi connectivity index (χ3v) is 10.6. The maximum absolute atomic E-state index is 5.96. The summed E-state index contributed by atoms with van der Waals surface area (Å²) in [6.07, 6.45) is -0.298. The largest absolute Gasteiger partial charge is 0.296 e. The van der Waals surface area contributed by atoms with E-state index in [2.05, 4.69) is 186 Å². The SMILES string of the molecule is Cc1ccc(C2=NC3(SC(c4ccccc4)=NN3c3ccccc3)N(c3ccccc3)C3C2C(c2ccccc2)=NN3c2ccccc2)cc1.